The molecule has 1 aliphatic rings. The van der Waals surface area contributed by atoms with E-state index in [4.69, 9.17) is 19.4 Å². The molecule has 0 saturated carbocycles. The number of pyridine rings is 2. The number of para-hydroxylation sites is 2. The van der Waals surface area contributed by atoms with Gasteiger partial charge in [0.15, 0.2) is 0 Å². The van der Waals surface area contributed by atoms with Crippen molar-refractivity contribution < 1.29 is 19.1 Å². The van der Waals surface area contributed by atoms with Gasteiger partial charge in [0.05, 0.1) is 47.8 Å². The molecule has 0 aliphatic carbocycles. The van der Waals surface area contributed by atoms with Crippen molar-refractivity contribution in [3.63, 3.8) is 0 Å². The molecule has 2 atom stereocenters. The van der Waals surface area contributed by atoms with E-state index < -0.39 is 0 Å². The minimum atomic E-state index is -0.226. The van der Waals surface area contributed by atoms with Gasteiger partial charge in [-0.15, -0.1) is 0 Å². The third-order valence-corrected chi connectivity index (χ3v) is 9.13. The van der Waals surface area contributed by atoms with E-state index in [1.54, 1.807) is 14.2 Å². The molecule has 0 bridgehead atoms. The van der Waals surface area contributed by atoms with Gasteiger partial charge in [0.1, 0.15) is 11.5 Å². The zero-order valence-electron chi connectivity index (χ0n) is 27.4. The normalized spacial score (nSPS) is 16.2. The van der Waals surface area contributed by atoms with Crippen LogP contribution in [0.2, 0.25) is 0 Å². The number of nitrogens with zero attached hydrogens (tertiary/aromatic N) is 4. The number of carbonyl (C=O) groups is 2. The second-order valence-corrected chi connectivity index (χ2v) is 12.2. The van der Waals surface area contributed by atoms with Gasteiger partial charge in [0, 0.05) is 47.1 Å². The quantitative estimate of drug-likeness (QED) is 0.188. The zero-order valence-corrected chi connectivity index (χ0v) is 27.4. The molecule has 2 aromatic heterocycles. The molecule has 1 saturated heterocycles. The number of fused-ring (bicyclic) bond motifs is 2. The Morgan fingerprint density at radius 3 is 1.42 bits per heavy atom. The van der Waals surface area contributed by atoms with Crippen molar-refractivity contribution in [1.82, 2.24) is 19.8 Å². The molecular weight excluding hydrogens is 600 g/mol. The number of benzene rings is 4. The maximum Gasteiger partial charge on any atom is 0.254 e. The van der Waals surface area contributed by atoms with E-state index in [1.807, 2.05) is 133 Å². The molecule has 2 unspecified atom stereocenters. The van der Waals surface area contributed by atoms with Crippen LogP contribution < -0.4 is 9.47 Å². The maximum absolute atomic E-state index is 14.4. The van der Waals surface area contributed by atoms with Gasteiger partial charge in [-0.3, -0.25) is 9.59 Å². The van der Waals surface area contributed by atoms with Crippen molar-refractivity contribution in [3.05, 3.63) is 120 Å². The fourth-order valence-corrected chi connectivity index (χ4v) is 6.57. The van der Waals surface area contributed by atoms with Crippen LogP contribution in [0.1, 0.15) is 34.6 Å². The van der Waals surface area contributed by atoms with E-state index in [9.17, 15) is 9.59 Å². The summed E-state index contributed by atoms with van der Waals surface area (Å²) in [6.07, 6.45) is 0. The van der Waals surface area contributed by atoms with Crippen LogP contribution in [0.3, 0.4) is 0 Å². The number of amides is 2. The first-order chi connectivity index (χ1) is 23.3. The predicted molar refractivity (Wildman–Crippen MR) is 188 cm³/mol. The van der Waals surface area contributed by atoms with Crippen LogP contribution in [0.5, 0.6) is 11.5 Å². The molecule has 7 rings (SSSR count). The van der Waals surface area contributed by atoms with Crippen LogP contribution in [0.25, 0.3) is 44.3 Å². The molecule has 4 aromatic carbocycles. The summed E-state index contributed by atoms with van der Waals surface area (Å²) in [4.78, 5) is 42.3. The van der Waals surface area contributed by atoms with Crippen molar-refractivity contribution in [2.75, 3.05) is 27.3 Å². The Bertz CT molecular complexity index is 2030. The summed E-state index contributed by atoms with van der Waals surface area (Å²) >= 11 is 0. The fourth-order valence-electron chi connectivity index (χ4n) is 6.57. The highest BCUT2D eigenvalue weighted by Crippen LogP contribution is 2.32. The smallest absolute Gasteiger partial charge is 0.254 e. The molecule has 48 heavy (non-hydrogen) atoms. The van der Waals surface area contributed by atoms with Gasteiger partial charge in [-0.05, 0) is 62.4 Å². The molecule has 0 spiro atoms. The fraction of sp³-hybridized carbons (Fsp3) is 0.200. The topological polar surface area (TPSA) is 84.9 Å². The Balaban J connectivity index is 1.21. The van der Waals surface area contributed by atoms with E-state index in [2.05, 4.69) is 0 Å². The minimum Gasteiger partial charge on any atom is -0.497 e. The number of hydrogen-bond acceptors (Lipinski definition) is 6. The van der Waals surface area contributed by atoms with Crippen molar-refractivity contribution >= 4 is 33.6 Å². The number of aromatic nitrogens is 2. The number of piperazine rings is 1. The number of ether oxygens (including phenoxy) is 2. The Morgan fingerprint density at radius 2 is 1.00 bits per heavy atom. The van der Waals surface area contributed by atoms with Gasteiger partial charge in [-0.2, -0.15) is 0 Å². The molecule has 8 heteroatoms. The molecule has 240 valence electrons. The van der Waals surface area contributed by atoms with Crippen LogP contribution in [-0.2, 0) is 0 Å². The van der Waals surface area contributed by atoms with Crippen molar-refractivity contribution in [2.45, 2.75) is 25.9 Å². The van der Waals surface area contributed by atoms with E-state index in [0.717, 1.165) is 44.4 Å². The average Bonchev–Trinajstić information content (AvgIpc) is 3.14. The lowest BCUT2D eigenvalue weighted by molar-refractivity contribution is 0.0272. The second kappa shape index (κ2) is 12.8. The SMILES string of the molecule is COc1cccc(-c2cc(C(=O)N3CC(C)N(C(=O)c4cc(-c5cccc(OC)c5)nc5ccccc45)CC3C)c3ccccc3n2)c1. The molecule has 3 heterocycles. The molecule has 0 radical (unpaired) electrons. The zero-order chi connectivity index (χ0) is 33.4. The Morgan fingerprint density at radius 1 is 0.583 bits per heavy atom. The van der Waals surface area contributed by atoms with Gasteiger partial charge in [-0.1, -0.05) is 60.7 Å². The van der Waals surface area contributed by atoms with E-state index in [0.29, 0.717) is 35.6 Å². The van der Waals surface area contributed by atoms with E-state index >= 15 is 0 Å². The van der Waals surface area contributed by atoms with Gasteiger partial charge in [-0.25, -0.2) is 9.97 Å². The van der Waals surface area contributed by atoms with Crippen LogP contribution in [0.4, 0.5) is 0 Å². The van der Waals surface area contributed by atoms with Crippen molar-refractivity contribution in [2.24, 2.45) is 0 Å². The molecule has 0 N–H and O–H groups in total. The number of hydrogen-bond donors (Lipinski definition) is 0. The van der Waals surface area contributed by atoms with Gasteiger partial charge in [0.2, 0.25) is 0 Å². The second-order valence-electron chi connectivity index (χ2n) is 12.2. The van der Waals surface area contributed by atoms with Crippen LogP contribution in [-0.4, -0.2) is 71.0 Å². The number of rotatable bonds is 6. The average molecular weight is 637 g/mol. The standard InChI is InChI=1S/C40H36N4O4/c1-25-23-44(40(46)34-22-38(28-12-10-14-30(20-28)48-4)42-36-18-8-6-16-32(34)36)26(2)24-43(25)39(45)33-21-37(27-11-9-13-29(19-27)47-3)41-35-17-7-5-15-31(33)35/h5-22,25-26H,23-24H2,1-4H3. The number of methoxy groups -OCH3 is 2. The number of carbonyl (C=O) groups excluding carboxylic acids is 2. The van der Waals surface area contributed by atoms with Gasteiger partial charge < -0.3 is 19.3 Å². The molecular formula is C40H36N4O4. The van der Waals surface area contributed by atoms with E-state index in [-0.39, 0.29) is 23.9 Å². The lowest BCUT2D eigenvalue weighted by Gasteiger charge is -2.44. The monoisotopic (exact) mass is 636 g/mol. The molecule has 1 fully saturated rings. The summed E-state index contributed by atoms with van der Waals surface area (Å²) in [6.45, 7) is 4.79. The predicted octanol–water partition coefficient (Wildman–Crippen LogP) is 7.51. The van der Waals surface area contributed by atoms with Gasteiger partial charge >= 0.3 is 0 Å². The first-order valence-corrected chi connectivity index (χ1v) is 16.0. The molecule has 2 amide bonds. The van der Waals surface area contributed by atoms with Crippen molar-refractivity contribution in [3.8, 4) is 34.0 Å². The summed E-state index contributed by atoms with van der Waals surface area (Å²) in [6, 6.07) is 34.1. The van der Waals surface area contributed by atoms with Crippen LogP contribution in [0.15, 0.2) is 109 Å². The van der Waals surface area contributed by atoms with Gasteiger partial charge in [0.25, 0.3) is 11.8 Å². The summed E-state index contributed by atoms with van der Waals surface area (Å²) < 4.78 is 10.9. The van der Waals surface area contributed by atoms with Crippen LogP contribution >= 0.6 is 0 Å². The Labute approximate surface area is 279 Å². The Kier molecular flexibility index (Phi) is 8.23. The lowest BCUT2D eigenvalue weighted by Crippen LogP contribution is -2.59. The van der Waals surface area contributed by atoms with E-state index in [1.165, 1.54) is 0 Å². The molecule has 8 nitrogen and oxygen atoms in total. The third-order valence-electron chi connectivity index (χ3n) is 9.13. The summed E-state index contributed by atoms with van der Waals surface area (Å²) in [7, 11) is 3.26. The Hall–Kier alpha value is -5.76. The van der Waals surface area contributed by atoms with Crippen LogP contribution in [0, 0.1) is 0 Å². The maximum atomic E-state index is 14.4. The first kappa shape index (κ1) is 30.9. The summed E-state index contributed by atoms with van der Waals surface area (Å²) in [5, 5.41) is 1.58. The first-order valence-electron chi connectivity index (χ1n) is 16.0. The van der Waals surface area contributed by atoms with Crippen molar-refractivity contribution in [1.29, 1.82) is 0 Å². The third kappa shape index (κ3) is 5.70. The highest BCUT2D eigenvalue weighted by molar-refractivity contribution is 6.09. The largest absolute Gasteiger partial charge is 0.497 e. The molecule has 6 aromatic rings. The summed E-state index contributed by atoms with van der Waals surface area (Å²) in [5.74, 6) is 1.27. The minimum absolute atomic E-state index is 0.0844. The lowest BCUT2D eigenvalue weighted by atomic mass is 9.99. The highest BCUT2D eigenvalue weighted by atomic mass is 16.5. The summed E-state index contributed by atoms with van der Waals surface area (Å²) in [5.41, 5.74) is 5.77. The highest BCUT2D eigenvalue weighted by Gasteiger charge is 2.36. The molecule has 1 aliphatic heterocycles.